The number of ether oxygens (including phenoxy) is 1. The van der Waals surface area contributed by atoms with Crippen LogP contribution in [0.1, 0.15) is 38.3 Å². The fourth-order valence-corrected chi connectivity index (χ4v) is 5.67. The minimum absolute atomic E-state index is 0.00257. The van der Waals surface area contributed by atoms with Gasteiger partial charge in [-0.15, -0.1) is 0 Å². The highest BCUT2D eigenvalue weighted by atomic mass is 35.5. The fraction of sp³-hybridized carbons (Fsp3) is 0.333. The predicted molar refractivity (Wildman–Crippen MR) is 158 cm³/mol. The van der Waals surface area contributed by atoms with Crippen molar-refractivity contribution in [3.05, 3.63) is 88.9 Å². The quantitative estimate of drug-likeness (QED) is 0.316. The molecular weight excluding hydrogens is 550 g/mol. The fourth-order valence-electron chi connectivity index (χ4n) is 4.07. The molecule has 3 rings (SSSR count). The third-order valence-electron chi connectivity index (χ3n) is 6.74. The highest BCUT2D eigenvalue weighted by molar-refractivity contribution is 7.92. The number of carbonyl (C=O) groups is 2. The highest BCUT2D eigenvalue weighted by Crippen LogP contribution is 2.28. The van der Waals surface area contributed by atoms with Crippen molar-refractivity contribution in [2.24, 2.45) is 0 Å². The first-order chi connectivity index (χ1) is 19.0. The van der Waals surface area contributed by atoms with Gasteiger partial charge in [0.05, 0.1) is 17.7 Å². The molecule has 0 aliphatic heterocycles. The van der Waals surface area contributed by atoms with Crippen LogP contribution in [0.2, 0.25) is 5.02 Å². The van der Waals surface area contributed by atoms with Crippen molar-refractivity contribution in [2.75, 3.05) is 18.0 Å². The van der Waals surface area contributed by atoms with Crippen LogP contribution in [0.3, 0.4) is 0 Å². The third-order valence-corrected chi connectivity index (χ3v) is 8.77. The molecule has 0 aromatic heterocycles. The second-order valence-corrected chi connectivity index (χ2v) is 11.9. The molecule has 40 heavy (non-hydrogen) atoms. The van der Waals surface area contributed by atoms with Crippen LogP contribution in [-0.2, 0) is 26.2 Å². The number of hydrogen-bond donors (Lipinski definition) is 1. The zero-order valence-electron chi connectivity index (χ0n) is 23.4. The van der Waals surface area contributed by atoms with E-state index in [1.807, 2.05) is 26.0 Å². The van der Waals surface area contributed by atoms with Crippen molar-refractivity contribution in [1.82, 2.24) is 10.2 Å². The van der Waals surface area contributed by atoms with Crippen LogP contribution >= 0.6 is 11.6 Å². The average Bonchev–Trinajstić information content (AvgIpc) is 2.95. The molecule has 1 N–H and O–H groups in total. The summed E-state index contributed by atoms with van der Waals surface area (Å²) in [5, 5.41) is 3.32. The molecule has 2 amide bonds. The van der Waals surface area contributed by atoms with Crippen LogP contribution in [-0.4, -0.2) is 50.9 Å². The Morgan fingerprint density at radius 3 is 2.17 bits per heavy atom. The van der Waals surface area contributed by atoms with E-state index in [2.05, 4.69) is 5.32 Å². The van der Waals surface area contributed by atoms with Crippen LogP contribution in [0, 0.1) is 6.92 Å². The zero-order valence-corrected chi connectivity index (χ0v) is 25.0. The third kappa shape index (κ3) is 7.55. The number of aryl methyl sites for hydroxylation is 1. The van der Waals surface area contributed by atoms with Gasteiger partial charge in [-0.2, -0.15) is 0 Å². The van der Waals surface area contributed by atoms with E-state index in [0.29, 0.717) is 22.0 Å². The molecule has 0 radical (unpaired) electrons. The minimum atomic E-state index is -4.16. The normalized spacial score (nSPS) is 12.8. The Bertz CT molecular complexity index is 1410. The van der Waals surface area contributed by atoms with E-state index in [1.165, 1.54) is 29.2 Å². The van der Waals surface area contributed by atoms with Gasteiger partial charge in [-0.05, 0) is 80.8 Å². The van der Waals surface area contributed by atoms with Gasteiger partial charge in [0.25, 0.3) is 10.0 Å². The lowest BCUT2D eigenvalue weighted by Gasteiger charge is -2.33. The van der Waals surface area contributed by atoms with Gasteiger partial charge in [0.1, 0.15) is 18.3 Å². The lowest BCUT2D eigenvalue weighted by molar-refractivity contribution is -0.139. The number of nitrogens with zero attached hydrogens (tertiary/aromatic N) is 2. The van der Waals surface area contributed by atoms with Gasteiger partial charge in [0.15, 0.2) is 0 Å². The number of halogens is 1. The molecule has 8 nitrogen and oxygen atoms in total. The van der Waals surface area contributed by atoms with Crippen molar-refractivity contribution < 1.29 is 22.7 Å². The number of hydrogen-bond acceptors (Lipinski definition) is 5. The molecule has 0 aliphatic rings. The summed E-state index contributed by atoms with van der Waals surface area (Å²) in [4.78, 5) is 28.5. The second-order valence-electron chi connectivity index (χ2n) is 9.62. The summed E-state index contributed by atoms with van der Waals surface area (Å²) in [5.41, 5.74) is 1.81. The number of anilines is 1. The van der Waals surface area contributed by atoms with Crippen molar-refractivity contribution in [1.29, 1.82) is 0 Å². The van der Waals surface area contributed by atoms with E-state index >= 15 is 0 Å². The Kier molecular flexibility index (Phi) is 10.6. The molecule has 0 bridgehead atoms. The van der Waals surface area contributed by atoms with E-state index < -0.39 is 28.5 Å². The standard InChI is InChI=1S/C30H36ClN3O5S/c1-6-22(3)32-30(36)23(4)33(19-24-11-15-26(39-5)16-12-24)29(35)20-34(28-10-8-7-9-21(28)2)40(37,38)27-17-13-25(31)14-18-27/h7-18,22-23H,6,19-20H2,1-5H3,(H,32,36)/t22-,23-/m0/s1. The number of methoxy groups -OCH3 is 1. The molecule has 0 fully saturated rings. The zero-order chi connectivity index (χ0) is 29.4. The van der Waals surface area contributed by atoms with Crippen molar-refractivity contribution in [2.45, 2.75) is 57.6 Å². The maximum Gasteiger partial charge on any atom is 0.264 e. The maximum atomic E-state index is 14.0. The summed E-state index contributed by atoms with van der Waals surface area (Å²) < 4.78 is 34.1. The highest BCUT2D eigenvalue weighted by Gasteiger charge is 2.33. The van der Waals surface area contributed by atoms with Gasteiger partial charge >= 0.3 is 0 Å². The summed E-state index contributed by atoms with van der Waals surface area (Å²) in [5.74, 6) is -0.188. The van der Waals surface area contributed by atoms with Gasteiger partial charge in [0.2, 0.25) is 11.8 Å². The van der Waals surface area contributed by atoms with Gasteiger partial charge in [-0.25, -0.2) is 8.42 Å². The number of amides is 2. The molecule has 0 unspecified atom stereocenters. The molecule has 10 heteroatoms. The molecule has 0 saturated heterocycles. The van der Waals surface area contributed by atoms with Gasteiger partial charge in [-0.1, -0.05) is 48.9 Å². The Morgan fingerprint density at radius 2 is 1.60 bits per heavy atom. The first-order valence-electron chi connectivity index (χ1n) is 13.0. The number of benzene rings is 3. The lowest BCUT2D eigenvalue weighted by atomic mass is 10.1. The molecule has 0 saturated carbocycles. The van der Waals surface area contributed by atoms with Gasteiger partial charge in [0, 0.05) is 17.6 Å². The van der Waals surface area contributed by atoms with Crippen molar-refractivity contribution in [3.8, 4) is 5.75 Å². The summed E-state index contributed by atoms with van der Waals surface area (Å²) in [6, 6.07) is 19.0. The van der Waals surface area contributed by atoms with Crippen molar-refractivity contribution in [3.63, 3.8) is 0 Å². The first kappa shape index (κ1) is 31.0. The van der Waals surface area contributed by atoms with E-state index in [1.54, 1.807) is 57.4 Å². The number of nitrogens with one attached hydrogen (secondary N) is 1. The Labute approximate surface area is 241 Å². The smallest absolute Gasteiger partial charge is 0.264 e. The Hall–Kier alpha value is -3.56. The van der Waals surface area contributed by atoms with Crippen LogP contribution in [0.4, 0.5) is 5.69 Å². The summed E-state index contributed by atoms with van der Waals surface area (Å²) in [6.45, 7) is 6.86. The predicted octanol–water partition coefficient (Wildman–Crippen LogP) is 5.18. The van der Waals surface area contributed by atoms with E-state index in [9.17, 15) is 18.0 Å². The number of para-hydroxylation sites is 1. The molecule has 3 aromatic carbocycles. The summed E-state index contributed by atoms with van der Waals surface area (Å²) in [7, 11) is -2.60. The topological polar surface area (TPSA) is 96.0 Å². The number of sulfonamides is 1. The number of carbonyl (C=O) groups excluding carboxylic acids is 2. The molecule has 214 valence electrons. The summed E-state index contributed by atoms with van der Waals surface area (Å²) >= 11 is 6.00. The van der Waals surface area contributed by atoms with Crippen LogP contribution in [0.5, 0.6) is 5.75 Å². The van der Waals surface area contributed by atoms with E-state index in [-0.39, 0.29) is 23.4 Å². The molecule has 2 atom stereocenters. The van der Waals surface area contributed by atoms with Crippen LogP contribution < -0.4 is 14.4 Å². The second kappa shape index (κ2) is 13.7. The van der Waals surface area contributed by atoms with Gasteiger partial charge < -0.3 is 15.0 Å². The van der Waals surface area contributed by atoms with Crippen LogP contribution in [0.15, 0.2) is 77.7 Å². The molecular formula is C30H36ClN3O5S. The van der Waals surface area contributed by atoms with Crippen LogP contribution in [0.25, 0.3) is 0 Å². The lowest BCUT2D eigenvalue weighted by Crippen LogP contribution is -2.52. The Balaban J connectivity index is 2.03. The molecule has 0 aliphatic carbocycles. The largest absolute Gasteiger partial charge is 0.497 e. The molecule has 0 heterocycles. The molecule has 3 aromatic rings. The average molecular weight is 586 g/mol. The SMILES string of the molecule is CC[C@H](C)NC(=O)[C@H](C)N(Cc1ccc(OC)cc1)C(=O)CN(c1ccccc1C)S(=O)(=O)c1ccc(Cl)cc1. The van der Waals surface area contributed by atoms with Gasteiger partial charge in [-0.3, -0.25) is 13.9 Å². The summed E-state index contributed by atoms with van der Waals surface area (Å²) in [6.07, 6.45) is 0.727. The van der Waals surface area contributed by atoms with Crippen molar-refractivity contribution >= 4 is 39.1 Å². The number of rotatable bonds is 12. The van der Waals surface area contributed by atoms with E-state index in [0.717, 1.165) is 16.3 Å². The Morgan fingerprint density at radius 1 is 0.975 bits per heavy atom. The maximum absolute atomic E-state index is 14.0. The molecule has 0 spiro atoms. The monoisotopic (exact) mass is 585 g/mol. The van der Waals surface area contributed by atoms with E-state index in [4.69, 9.17) is 16.3 Å². The minimum Gasteiger partial charge on any atom is -0.497 e. The first-order valence-corrected chi connectivity index (χ1v) is 14.9.